The molecule has 0 amide bonds. The van der Waals surface area contributed by atoms with Gasteiger partial charge < -0.3 is 0 Å². The van der Waals surface area contributed by atoms with Crippen LogP contribution < -0.4 is 15.9 Å². The molecule has 156 valence electrons. The van der Waals surface area contributed by atoms with E-state index in [1.54, 1.807) is 0 Å². The van der Waals surface area contributed by atoms with Gasteiger partial charge in [0.15, 0.2) is 0 Å². The van der Waals surface area contributed by atoms with E-state index < -0.39 is 20.2 Å². The Balaban J connectivity index is 0.000000628. The van der Waals surface area contributed by atoms with Crippen molar-refractivity contribution in [1.29, 1.82) is 0 Å². The molecule has 0 radical (unpaired) electrons. The van der Waals surface area contributed by atoms with Gasteiger partial charge in [-0.1, -0.05) is 78.9 Å². The Morgan fingerprint density at radius 1 is 0.548 bits per heavy atom. The van der Waals surface area contributed by atoms with Gasteiger partial charge in [0, 0.05) is 0 Å². The molecule has 0 saturated heterocycles. The summed E-state index contributed by atoms with van der Waals surface area (Å²) in [5, 5.41) is 4.31. The molecule has 4 aromatic rings. The van der Waals surface area contributed by atoms with Crippen LogP contribution in [0.2, 0.25) is 0 Å². The van der Waals surface area contributed by atoms with Gasteiger partial charge in [0.25, 0.3) is 0 Å². The van der Waals surface area contributed by atoms with Crippen LogP contribution in [-0.2, 0) is 19.1 Å². The van der Waals surface area contributed by atoms with Gasteiger partial charge in [0.05, 0.1) is 6.16 Å². The molecule has 0 aromatic heterocycles. The van der Waals surface area contributed by atoms with E-state index in [1.165, 1.54) is 27.0 Å². The fourth-order valence-corrected chi connectivity index (χ4v) is 8.16. The van der Waals surface area contributed by atoms with Crippen LogP contribution in [0.5, 0.6) is 0 Å². The Morgan fingerprint density at radius 2 is 0.871 bits per heavy atom. The third-order valence-corrected chi connectivity index (χ3v) is 9.61. The average Bonchev–Trinajstić information content (AvgIpc) is 2.80. The SMILES string of the molecule is Cc1ccccc1C[P+](c1ccccc1)(c1ccccc1)c1ccccc1.[Cl][Zn-]([Cl])[Cl]. The molecule has 31 heavy (non-hydrogen) atoms. The quantitative estimate of drug-likeness (QED) is 0.182. The molecule has 5 heteroatoms. The van der Waals surface area contributed by atoms with Gasteiger partial charge in [-0.25, -0.2) is 0 Å². The average molecular weight is 539 g/mol. The Labute approximate surface area is 203 Å². The summed E-state index contributed by atoms with van der Waals surface area (Å²) in [5.74, 6) is 0. The summed E-state index contributed by atoms with van der Waals surface area (Å²) >= 11 is -2.21. The first-order valence-electron chi connectivity index (χ1n) is 10.2. The Kier molecular flexibility index (Phi) is 9.58. The van der Waals surface area contributed by atoms with Crippen LogP contribution in [0.25, 0.3) is 0 Å². The molecule has 0 unspecified atom stereocenters. The van der Waals surface area contributed by atoms with Crippen LogP contribution in [-0.4, -0.2) is 0 Å². The molecular formula is C26H24Cl3PZn. The number of hydrogen-bond acceptors (Lipinski definition) is 0. The first-order chi connectivity index (χ1) is 15.0. The second-order valence-electron chi connectivity index (χ2n) is 7.20. The molecule has 0 fully saturated rings. The molecule has 0 nitrogen and oxygen atoms in total. The first kappa shape index (κ1) is 24.4. The van der Waals surface area contributed by atoms with E-state index in [0.29, 0.717) is 0 Å². The maximum atomic E-state index is 5.01. The Morgan fingerprint density at radius 3 is 1.23 bits per heavy atom. The molecule has 0 spiro atoms. The second-order valence-corrected chi connectivity index (χ2v) is 24.6. The van der Waals surface area contributed by atoms with E-state index in [1.807, 2.05) is 0 Å². The van der Waals surface area contributed by atoms with Crippen LogP contribution in [0.1, 0.15) is 11.1 Å². The van der Waals surface area contributed by atoms with E-state index in [2.05, 4.69) is 122 Å². The third-order valence-electron chi connectivity index (χ3n) is 5.26. The van der Waals surface area contributed by atoms with Crippen molar-refractivity contribution in [2.75, 3.05) is 0 Å². The Hall–Kier alpha value is -1.20. The van der Waals surface area contributed by atoms with Gasteiger partial charge in [-0.2, -0.15) is 0 Å². The molecule has 0 saturated carbocycles. The van der Waals surface area contributed by atoms with Crippen LogP contribution in [0.15, 0.2) is 115 Å². The summed E-state index contributed by atoms with van der Waals surface area (Å²) in [6.07, 6.45) is 1.04. The summed E-state index contributed by atoms with van der Waals surface area (Å²) in [6, 6.07) is 42.1. The van der Waals surface area contributed by atoms with Crippen molar-refractivity contribution in [3.05, 3.63) is 126 Å². The second kappa shape index (κ2) is 12.2. The molecule has 0 aliphatic carbocycles. The molecule has 0 bridgehead atoms. The molecule has 0 N–H and O–H groups in total. The normalized spacial score (nSPS) is 10.7. The minimum atomic E-state index is -2.21. The van der Waals surface area contributed by atoms with Crippen LogP contribution in [0.4, 0.5) is 0 Å². The van der Waals surface area contributed by atoms with Gasteiger partial charge in [-0.05, 0) is 54.4 Å². The summed E-state index contributed by atoms with van der Waals surface area (Å²) < 4.78 is 0. The van der Waals surface area contributed by atoms with E-state index >= 15 is 0 Å². The van der Waals surface area contributed by atoms with Crippen molar-refractivity contribution in [2.45, 2.75) is 13.1 Å². The van der Waals surface area contributed by atoms with E-state index in [0.717, 1.165) is 6.16 Å². The third kappa shape index (κ3) is 6.41. The number of rotatable bonds is 5. The van der Waals surface area contributed by atoms with Gasteiger partial charge >= 0.3 is 42.1 Å². The summed E-state index contributed by atoms with van der Waals surface area (Å²) in [5.41, 5.74) is 2.80. The zero-order valence-corrected chi connectivity index (χ0v) is 23.6. The summed E-state index contributed by atoms with van der Waals surface area (Å²) in [7, 11) is 13.2. The first-order valence-corrected chi connectivity index (χ1v) is 23.9. The summed E-state index contributed by atoms with van der Waals surface area (Å²) in [6.45, 7) is 2.23. The van der Waals surface area contributed by atoms with Gasteiger partial charge in [-0.15, -0.1) is 0 Å². The molecule has 0 aliphatic rings. The van der Waals surface area contributed by atoms with Crippen molar-refractivity contribution >= 4 is 52.2 Å². The zero-order valence-electron chi connectivity index (χ0n) is 17.5. The molecule has 0 heterocycles. The fourth-order valence-electron chi connectivity index (χ4n) is 3.81. The van der Waals surface area contributed by atoms with Crippen molar-refractivity contribution in [3.63, 3.8) is 0 Å². The van der Waals surface area contributed by atoms with Crippen molar-refractivity contribution in [2.24, 2.45) is 0 Å². The molecule has 4 rings (SSSR count). The molecular weight excluding hydrogens is 515 g/mol. The standard InChI is InChI=1S/C26H24P.3ClH.Zn/c1-22-13-11-12-14-23(22)21-27(24-15-5-2-6-16-24,25-17-7-3-8-18-25)26-19-9-4-10-20-26;;;;/h2-20H,21H2,1H3;3*1H;/q+1;;;;+2/p-3. The van der Waals surface area contributed by atoms with E-state index in [4.69, 9.17) is 29.1 Å². The molecule has 4 aromatic carbocycles. The van der Waals surface area contributed by atoms with Crippen molar-refractivity contribution in [3.8, 4) is 0 Å². The predicted octanol–water partition coefficient (Wildman–Crippen LogP) is 7.56. The maximum absolute atomic E-state index is 5.01. The number of benzene rings is 4. The van der Waals surface area contributed by atoms with E-state index in [-0.39, 0.29) is 0 Å². The topological polar surface area (TPSA) is 0 Å². The number of halogens is 3. The number of hydrogen-bond donors (Lipinski definition) is 0. The van der Waals surface area contributed by atoms with Crippen LogP contribution in [0.3, 0.4) is 0 Å². The van der Waals surface area contributed by atoms with Crippen molar-refractivity contribution < 1.29 is 13.0 Å². The molecule has 0 atom stereocenters. The fraction of sp³-hybridized carbons (Fsp3) is 0.0769. The van der Waals surface area contributed by atoms with Gasteiger partial charge in [0.2, 0.25) is 0 Å². The van der Waals surface area contributed by atoms with Crippen molar-refractivity contribution in [1.82, 2.24) is 0 Å². The summed E-state index contributed by atoms with van der Waals surface area (Å²) in [4.78, 5) is 0. The van der Waals surface area contributed by atoms with Crippen LogP contribution >= 0.6 is 36.3 Å². The van der Waals surface area contributed by atoms with Crippen LogP contribution in [0, 0.1) is 6.92 Å². The van der Waals surface area contributed by atoms with E-state index in [9.17, 15) is 0 Å². The zero-order chi connectivity index (χ0) is 22.1. The Bertz CT molecular complexity index is 958. The number of aryl methyl sites for hydroxylation is 1. The van der Waals surface area contributed by atoms with Gasteiger partial charge in [0.1, 0.15) is 23.2 Å². The predicted molar refractivity (Wildman–Crippen MR) is 138 cm³/mol. The monoisotopic (exact) mass is 536 g/mol. The molecule has 0 aliphatic heterocycles. The van der Waals surface area contributed by atoms with Gasteiger partial charge in [-0.3, -0.25) is 0 Å². The minimum absolute atomic E-state index is 1.04.